The second-order valence-electron chi connectivity index (χ2n) is 6.83. The number of hydroxylamine groups is 2. The summed E-state index contributed by atoms with van der Waals surface area (Å²) in [5.74, 6) is -0.184. The third-order valence-electron chi connectivity index (χ3n) is 5.11. The summed E-state index contributed by atoms with van der Waals surface area (Å²) >= 11 is 0. The van der Waals surface area contributed by atoms with Crippen LogP contribution in [0.25, 0.3) is 0 Å². The summed E-state index contributed by atoms with van der Waals surface area (Å²) in [7, 11) is 1.55. The van der Waals surface area contributed by atoms with Crippen molar-refractivity contribution < 1.29 is 28.0 Å². The molecule has 2 aliphatic heterocycles. The zero-order valence-corrected chi connectivity index (χ0v) is 14.7. The Morgan fingerprint density at radius 3 is 2.89 bits per heavy atom. The molecule has 148 valence electrons. The number of hydrogen-bond acceptors (Lipinski definition) is 7. The Labute approximate surface area is 154 Å². The lowest BCUT2D eigenvalue weighted by Gasteiger charge is -2.17. The van der Waals surface area contributed by atoms with E-state index in [0.717, 1.165) is 29.5 Å². The number of methoxy groups -OCH3 is 1. The maximum absolute atomic E-state index is 12.7. The minimum absolute atomic E-state index is 0.0960. The summed E-state index contributed by atoms with van der Waals surface area (Å²) in [6, 6.07) is 5.63. The predicted molar refractivity (Wildman–Crippen MR) is 89.0 cm³/mol. The number of alkyl halides is 2. The Balaban J connectivity index is 1.39. The topological polar surface area (TPSA) is 92.9 Å². The molecule has 2 saturated heterocycles. The van der Waals surface area contributed by atoms with Gasteiger partial charge in [-0.2, -0.15) is 11.0 Å². The highest BCUT2D eigenvalue weighted by Crippen LogP contribution is 2.33. The molecule has 1 aromatic rings. The van der Waals surface area contributed by atoms with Crippen molar-refractivity contribution >= 4 is 5.91 Å². The van der Waals surface area contributed by atoms with Crippen LogP contribution in [0, 0.1) is 0 Å². The Kier molecular flexibility index (Phi) is 5.35. The van der Waals surface area contributed by atoms with E-state index in [2.05, 4.69) is 21.6 Å². The van der Waals surface area contributed by atoms with E-state index in [4.69, 9.17) is 14.4 Å². The number of hydrogen-bond donors (Lipinski definition) is 4. The predicted octanol–water partition coefficient (Wildman–Crippen LogP) is 0.770. The lowest BCUT2D eigenvalue weighted by atomic mass is 10.0. The average molecular weight is 384 g/mol. The van der Waals surface area contributed by atoms with Crippen LogP contribution in [0.15, 0.2) is 18.2 Å². The highest BCUT2D eigenvalue weighted by Gasteiger charge is 2.35. The first-order valence-corrected chi connectivity index (χ1v) is 8.87. The molecule has 0 spiro atoms. The highest BCUT2D eigenvalue weighted by molar-refractivity contribution is 5.81. The summed E-state index contributed by atoms with van der Waals surface area (Å²) in [6.45, 7) is 0. The van der Waals surface area contributed by atoms with Crippen LogP contribution >= 0.6 is 0 Å². The molecular formula is C17H22F2N4O4. The Morgan fingerprint density at radius 2 is 2.19 bits per heavy atom. The van der Waals surface area contributed by atoms with Gasteiger partial charge in [0.15, 0.2) is 12.3 Å². The molecule has 0 aromatic heterocycles. The summed E-state index contributed by atoms with van der Waals surface area (Å²) in [6.07, 6.45) is -3.28. The maximum atomic E-state index is 12.7. The van der Waals surface area contributed by atoms with E-state index in [-0.39, 0.29) is 18.2 Å². The fourth-order valence-electron chi connectivity index (χ4n) is 3.65. The largest absolute Gasteiger partial charge is 0.364 e. The van der Waals surface area contributed by atoms with Gasteiger partial charge in [-0.05, 0) is 29.5 Å². The van der Waals surface area contributed by atoms with Crippen molar-refractivity contribution in [1.29, 1.82) is 0 Å². The van der Waals surface area contributed by atoms with Gasteiger partial charge in [0.05, 0.1) is 6.04 Å². The number of fused-ring (bicyclic) bond motifs is 1. The molecule has 1 amide bonds. The third kappa shape index (κ3) is 3.82. The number of carbonyl (C=O) groups is 1. The molecule has 5 atom stereocenters. The van der Waals surface area contributed by atoms with Gasteiger partial charge < -0.3 is 10.1 Å². The van der Waals surface area contributed by atoms with Gasteiger partial charge in [-0.3, -0.25) is 19.8 Å². The van der Waals surface area contributed by atoms with Gasteiger partial charge >= 0.3 is 0 Å². The van der Waals surface area contributed by atoms with Gasteiger partial charge in [-0.15, -0.1) is 0 Å². The van der Waals surface area contributed by atoms with Crippen molar-refractivity contribution in [2.45, 2.75) is 56.5 Å². The number of carbonyl (C=O) groups excluding carboxylic acids is 1. The highest BCUT2D eigenvalue weighted by atomic mass is 19.3. The Bertz CT molecular complexity index is 708. The lowest BCUT2D eigenvalue weighted by Crippen LogP contribution is -2.36. The van der Waals surface area contributed by atoms with Crippen LogP contribution in [-0.4, -0.2) is 38.0 Å². The number of nitrogens with one attached hydrogen (secondary N) is 4. The van der Waals surface area contributed by atoms with Gasteiger partial charge in [0, 0.05) is 13.5 Å². The fraction of sp³-hybridized carbons (Fsp3) is 0.588. The number of benzene rings is 1. The standard InChI is InChI=1S/C17H22F2N4O4/c1-25-13-7-12(26-22-13)16(24)20-11-5-3-8-6-9(2-4-10(8)11)15-21-17(14(18)19)27-23-15/h2,4,6,11-15,17,21-23H,3,5,7H2,1H3,(H,20,24)/t11-,12?,13?,15?,17?/m1/s1. The smallest absolute Gasteiger partial charge is 0.279 e. The normalized spacial score (nSPS) is 32.8. The second kappa shape index (κ2) is 7.74. The average Bonchev–Trinajstić information content (AvgIpc) is 3.40. The molecule has 10 heteroatoms. The lowest BCUT2D eigenvalue weighted by molar-refractivity contribution is -0.134. The number of ether oxygens (including phenoxy) is 1. The Morgan fingerprint density at radius 1 is 1.33 bits per heavy atom. The van der Waals surface area contributed by atoms with Crippen molar-refractivity contribution in [2.24, 2.45) is 0 Å². The van der Waals surface area contributed by atoms with Gasteiger partial charge in [-0.1, -0.05) is 18.2 Å². The summed E-state index contributed by atoms with van der Waals surface area (Å²) < 4.78 is 30.5. The molecule has 0 saturated carbocycles. The van der Waals surface area contributed by atoms with Gasteiger partial charge in [0.2, 0.25) is 0 Å². The van der Waals surface area contributed by atoms with Crippen LogP contribution in [0.2, 0.25) is 0 Å². The van der Waals surface area contributed by atoms with Crippen molar-refractivity contribution in [2.75, 3.05) is 7.11 Å². The van der Waals surface area contributed by atoms with E-state index in [1.165, 1.54) is 0 Å². The van der Waals surface area contributed by atoms with E-state index in [9.17, 15) is 13.6 Å². The molecule has 8 nitrogen and oxygen atoms in total. The first-order chi connectivity index (χ1) is 13.0. The van der Waals surface area contributed by atoms with E-state index in [1.54, 1.807) is 7.11 Å². The molecule has 3 aliphatic rings. The van der Waals surface area contributed by atoms with Gasteiger partial charge in [0.1, 0.15) is 12.4 Å². The molecule has 4 unspecified atom stereocenters. The first-order valence-electron chi connectivity index (χ1n) is 8.87. The van der Waals surface area contributed by atoms with Gasteiger partial charge in [-0.25, -0.2) is 8.78 Å². The number of halogens is 2. The Hall–Kier alpha value is -1.69. The van der Waals surface area contributed by atoms with Gasteiger partial charge in [0.25, 0.3) is 12.3 Å². The monoisotopic (exact) mass is 384 g/mol. The zero-order valence-electron chi connectivity index (χ0n) is 14.7. The van der Waals surface area contributed by atoms with E-state index in [1.807, 2.05) is 18.2 Å². The van der Waals surface area contributed by atoms with E-state index >= 15 is 0 Å². The first kappa shape index (κ1) is 18.7. The van der Waals surface area contributed by atoms with Crippen LogP contribution in [-0.2, 0) is 25.6 Å². The second-order valence-corrected chi connectivity index (χ2v) is 6.83. The molecule has 0 radical (unpaired) electrons. The number of amides is 1. The third-order valence-corrected chi connectivity index (χ3v) is 5.11. The van der Waals surface area contributed by atoms with Crippen molar-refractivity contribution in [3.63, 3.8) is 0 Å². The zero-order chi connectivity index (χ0) is 19.0. The molecule has 4 N–H and O–H groups in total. The molecule has 27 heavy (non-hydrogen) atoms. The molecule has 2 fully saturated rings. The quantitative estimate of drug-likeness (QED) is 0.596. The maximum Gasteiger partial charge on any atom is 0.279 e. The molecule has 1 aliphatic carbocycles. The van der Waals surface area contributed by atoms with Crippen LogP contribution in [0.1, 0.15) is 41.7 Å². The molecule has 0 bridgehead atoms. The minimum atomic E-state index is -2.61. The number of rotatable bonds is 5. The minimum Gasteiger partial charge on any atom is -0.364 e. The van der Waals surface area contributed by atoms with Crippen LogP contribution in [0.4, 0.5) is 8.78 Å². The summed E-state index contributed by atoms with van der Waals surface area (Å²) in [5.41, 5.74) is 8.19. The van der Waals surface area contributed by atoms with Crippen LogP contribution in [0.3, 0.4) is 0 Å². The van der Waals surface area contributed by atoms with Crippen molar-refractivity contribution in [1.82, 2.24) is 21.6 Å². The molecule has 1 aromatic carbocycles. The van der Waals surface area contributed by atoms with E-state index in [0.29, 0.717) is 6.42 Å². The van der Waals surface area contributed by atoms with E-state index < -0.39 is 24.9 Å². The molecule has 4 rings (SSSR count). The van der Waals surface area contributed by atoms with Crippen molar-refractivity contribution in [3.05, 3.63) is 34.9 Å². The van der Waals surface area contributed by atoms with Crippen LogP contribution in [0.5, 0.6) is 0 Å². The molecular weight excluding hydrogens is 362 g/mol. The SMILES string of the molecule is COC1CC(C(=O)N[C@@H]2CCc3cc(C4NOC(C(F)F)N4)ccc32)ON1. The fourth-order valence-corrected chi connectivity index (χ4v) is 3.65. The summed E-state index contributed by atoms with van der Waals surface area (Å²) in [5, 5.41) is 5.72. The van der Waals surface area contributed by atoms with Crippen molar-refractivity contribution in [3.8, 4) is 0 Å². The summed E-state index contributed by atoms with van der Waals surface area (Å²) in [4.78, 5) is 22.5. The van der Waals surface area contributed by atoms with Crippen LogP contribution < -0.4 is 21.6 Å². The molecule has 2 heterocycles. The number of aryl methyl sites for hydroxylation is 1.